The molecule has 0 amide bonds. The zero-order valence-electron chi connectivity index (χ0n) is 4.66. The lowest BCUT2D eigenvalue weighted by molar-refractivity contribution is -0.131. The molecule has 1 N–H and O–H groups in total. The first-order valence-corrected chi connectivity index (χ1v) is 2.22. The van der Waals surface area contributed by atoms with Crippen molar-refractivity contribution in [1.82, 2.24) is 0 Å². The van der Waals surface area contributed by atoms with Gasteiger partial charge in [0.2, 0.25) is 0 Å². The summed E-state index contributed by atoms with van der Waals surface area (Å²) in [5.41, 5.74) is 0. The molecule has 0 unspecified atom stereocenters. The highest BCUT2D eigenvalue weighted by atomic mass is 16.4. The van der Waals surface area contributed by atoms with Gasteiger partial charge in [0, 0.05) is 6.08 Å². The maximum atomic E-state index is 9.75. The molecule has 0 aliphatic rings. The van der Waals surface area contributed by atoms with E-state index in [1.807, 2.05) is 0 Å². The van der Waals surface area contributed by atoms with Gasteiger partial charge in [0.1, 0.15) is 0 Å². The van der Waals surface area contributed by atoms with Crippen molar-refractivity contribution in [3.63, 3.8) is 0 Å². The highest BCUT2D eigenvalue weighted by Gasteiger charge is 1.78. The summed E-state index contributed by atoms with van der Waals surface area (Å²) in [6, 6.07) is 0. The molecule has 3 heteroatoms. The van der Waals surface area contributed by atoms with E-state index < -0.39 is 5.97 Å². The van der Waals surface area contributed by atoms with Crippen LogP contribution in [0.4, 0.5) is 0 Å². The van der Waals surface area contributed by atoms with Crippen LogP contribution in [0.15, 0.2) is 12.2 Å². The Hall–Kier alpha value is -0.830. The highest BCUT2D eigenvalue weighted by molar-refractivity contribution is 5.79. The van der Waals surface area contributed by atoms with Crippen LogP contribution in [0, 0.1) is 0 Å². The molecule has 0 rings (SSSR count). The average molecular weight is 114 g/mol. The normalized spacial score (nSPS) is 10.1. The van der Waals surface area contributed by atoms with E-state index in [1.54, 1.807) is 7.05 Å². The Morgan fingerprint density at radius 1 is 1.88 bits per heavy atom. The van der Waals surface area contributed by atoms with E-state index >= 15 is 0 Å². The molecule has 0 atom stereocenters. The molecule has 3 nitrogen and oxygen atoms in total. The van der Waals surface area contributed by atoms with E-state index in [2.05, 4.69) is 5.32 Å². The van der Waals surface area contributed by atoms with E-state index in [0.717, 1.165) is 6.08 Å². The van der Waals surface area contributed by atoms with Crippen molar-refractivity contribution < 1.29 is 9.90 Å². The van der Waals surface area contributed by atoms with E-state index in [9.17, 15) is 4.79 Å². The minimum Gasteiger partial charge on any atom is -0.662 e. The van der Waals surface area contributed by atoms with Crippen LogP contribution >= 0.6 is 0 Å². The minimum atomic E-state index is -0.923. The van der Waals surface area contributed by atoms with Crippen molar-refractivity contribution in [2.45, 2.75) is 0 Å². The van der Waals surface area contributed by atoms with Crippen molar-refractivity contribution in [1.29, 1.82) is 0 Å². The largest absolute Gasteiger partial charge is 0.662 e. The van der Waals surface area contributed by atoms with Gasteiger partial charge < -0.3 is 10.4 Å². The highest BCUT2D eigenvalue weighted by Crippen LogP contribution is 1.78. The van der Waals surface area contributed by atoms with Crippen LogP contribution in [0.25, 0.3) is 5.32 Å². The van der Waals surface area contributed by atoms with Gasteiger partial charge in [-0.2, -0.15) is 7.05 Å². The van der Waals surface area contributed by atoms with Gasteiger partial charge in [-0.15, -0.1) is 6.54 Å². The molecule has 0 aliphatic heterocycles. The zero-order chi connectivity index (χ0) is 6.41. The Morgan fingerprint density at radius 2 is 2.50 bits per heavy atom. The van der Waals surface area contributed by atoms with Gasteiger partial charge in [-0.1, -0.05) is 6.08 Å². The van der Waals surface area contributed by atoms with Crippen LogP contribution < -0.4 is 0 Å². The summed E-state index contributed by atoms with van der Waals surface area (Å²) >= 11 is 0. The van der Waals surface area contributed by atoms with Crippen LogP contribution in [0.1, 0.15) is 0 Å². The van der Waals surface area contributed by atoms with Crippen LogP contribution in [0.3, 0.4) is 0 Å². The molecule has 0 saturated carbocycles. The van der Waals surface area contributed by atoms with Crippen LogP contribution in [-0.4, -0.2) is 24.7 Å². The lowest BCUT2D eigenvalue weighted by Gasteiger charge is -2.01. The van der Waals surface area contributed by atoms with Crippen LogP contribution in [-0.2, 0) is 4.79 Å². The smallest absolute Gasteiger partial charge is 0.327 e. The molecule has 46 valence electrons. The monoisotopic (exact) mass is 114 g/mol. The number of nitrogens with zero attached hydrogens (tertiary/aromatic N) is 1. The first-order chi connectivity index (χ1) is 3.77. The predicted molar refractivity (Wildman–Crippen MR) is 30.9 cm³/mol. The molecule has 0 fully saturated rings. The van der Waals surface area contributed by atoms with Crippen molar-refractivity contribution in [2.75, 3.05) is 13.6 Å². The number of rotatable bonds is 3. The number of carboxylic acids is 1. The third kappa shape index (κ3) is 5.17. The minimum absolute atomic E-state index is 0.478. The number of likely N-dealkylation sites (N-methyl/N-ethyl adjacent to an activating group) is 1. The second kappa shape index (κ2) is 4.33. The van der Waals surface area contributed by atoms with E-state index in [4.69, 9.17) is 5.11 Å². The first kappa shape index (κ1) is 7.17. The fraction of sp³-hybridized carbons (Fsp3) is 0.400. The lowest BCUT2D eigenvalue weighted by atomic mass is 10.5. The fourth-order valence-corrected chi connectivity index (χ4v) is 0.259. The standard InChI is InChI=1S/C5H8NO2/c1-6-4-2-3-5(7)8/h2-3H,4H2,1H3,(H,7,8)/q-1/b3-2+. The Balaban J connectivity index is 3.20. The number of carbonyl (C=O) groups is 1. The molecular weight excluding hydrogens is 106 g/mol. The molecule has 0 spiro atoms. The molecule has 8 heavy (non-hydrogen) atoms. The second-order valence-corrected chi connectivity index (χ2v) is 1.24. The number of aliphatic carboxylic acids is 1. The predicted octanol–water partition coefficient (Wildman–Crippen LogP) is 0.631. The molecule has 0 radical (unpaired) electrons. The SMILES string of the molecule is C[N-]C/C=C/C(=O)O. The fourth-order valence-electron chi connectivity index (χ4n) is 0.259. The first-order valence-electron chi connectivity index (χ1n) is 2.22. The molecule has 0 heterocycles. The lowest BCUT2D eigenvalue weighted by Crippen LogP contribution is -1.86. The Bertz CT molecular complexity index is 98.6. The van der Waals surface area contributed by atoms with Gasteiger partial charge in [0.05, 0.1) is 0 Å². The topological polar surface area (TPSA) is 51.4 Å². The van der Waals surface area contributed by atoms with E-state index in [1.165, 1.54) is 6.08 Å². The quantitative estimate of drug-likeness (QED) is 0.547. The summed E-state index contributed by atoms with van der Waals surface area (Å²) in [4.78, 5) is 9.75. The maximum absolute atomic E-state index is 9.75. The summed E-state index contributed by atoms with van der Waals surface area (Å²) in [6.45, 7) is 0.478. The van der Waals surface area contributed by atoms with Crippen molar-refractivity contribution in [3.8, 4) is 0 Å². The van der Waals surface area contributed by atoms with Crippen molar-refractivity contribution in [2.24, 2.45) is 0 Å². The Morgan fingerprint density at radius 3 is 2.88 bits per heavy atom. The van der Waals surface area contributed by atoms with Crippen molar-refractivity contribution >= 4 is 5.97 Å². The van der Waals surface area contributed by atoms with Gasteiger partial charge in [-0.25, -0.2) is 4.79 Å². The molecule has 0 aromatic carbocycles. The summed E-state index contributed by atoms with van der Waals surface area (Å²) in [6.07, 6.45) is 2.56. The van der Waals surface area contributed by atoms with Crippen LogP contribution in [0.2, 0.25) is 0 Å². The summed E-state index contributed by atoms with van der Waals surface area (Å²) in [5, 5.41) is 11.7. The Labute approximate surface area is 48.0 Å². The summed E-state index contributed by atoms with van der Waals surface area (Å²) < 4.78 is 0. The third-order valence-electron chi connectivity index (χ3n) is 0.548. The second-order valence-electron chi connectivity index (χ2n) is 1.24. The van der Waals surface area contributed by atoms with Gasteiger partial charge in [0.15, 0.2) is 0 Å². The van der Waals surface area contributed by atoms with Crippen molar-refractivity contribution in [3.05, 3.63) is 17.5 Å². The molecule has 0 saturated heterocycles. The van der Waals surface area contributed by atoms with Gasteiger partial charge >= 0.3 is 5.97 Å². The van der Waals surface area contributed by atoms with Gasteiger partial charge in [0.25, 0.3) is 0 Å². The molecule has 0 aliphatic carbocycles. The molecule has 0 aromatic heterocycles. The number of hydrogen-bond donors (Lipinski definition) is 1. The van der Waals surface area contributed by atoms with Gasteiger partial charge in [-0.3, -0.25) is 0 Å². The summed E-state index contributed by atoms with van der Waals surface area (Å²) in [7, 11) is 1.63. The molecule has 0 aromatic rings. The number of hydrogen-bond acceptors (Lipinski definition) is 1. The zero-order valence-corrected chi connectivity index (χ0v) is 4.66. The number of carboxylic acid groups (broad SMARTS) is 1. The van der Waals surface area contributed by atoms with E-state index in [-0.39, 0.29) is 0 Å². The molecular formula is C5H8NO2-. The summed E-state index contributed by atoms with van der Waals surface area (Å²) in [5.74, 6) is -0.923. The van der Waals surface area contributed by atoms with E-state index in [0.29, 0.717) is 6.54 Å². The maximum Gasteiger partial charge on any atom is 0.327 e. The van der Waals surface area contributed by atoms with Gasteiger partial charge in [-0.05, 0) is 0 Å². The third-order valence-corrected chi connectivity index (χ3v) is 0.548. The average Bonchev–Trinajstić information content (AvgIpc) is 1.66. The van der Waals surface area contributed by atoms with Crippen LogP contribution in [0.5, 0.6) is 0 Å². The Kier molecular flexibility index (Phi) is 3.88. The molecule has 0 bridgehead atoms.